The molecule has 126 valence electrons. The number of hydrogen-bond donors (Lipinski definition) is 3. The van der Waals surface area contributed by atoms with Crippen LogP contribution in [-0.4, -0.2) is 46.8 Å². The molecule has 3 atom stereocenters. The third kappa shape index (κ3) is 6.98. The zero-order chi connectivity index (χ0) is 17.1. The van der Waals surface area contributed by atoms with Crippen LogP contribution in [0.2, 0.25) is 0 Å². The van der Waals surface area contributed by atoms with Crippen molar-refractivity contribution in [2.24, 2.45) is 4.99 Å². The topological polar surface area (TPSA) is 82.3 Å². The number of halogens is 1. The molecule has 0 saturated carbocycles. The van der Waals surface area contributed by atoms with Crippen LogP contribution >= 0.6 is 0 Å². The fraction of sp³-hybridized carbons (Fsp3) is 0.562. The molecular weight excluding hydrogens is 289 g/mol. The Hall–Kier alpha value is -1.50. The quantitative estimate of drug-likeness (QED) is 0.797. The van der Waals surface area contributed by atoms with Gasteiger partial charge in [-0.25, -0.2) is 9.38 Å². The Morgan fingerprint density at radius 1 is 1.27 bits per heavy atom. The van der Waals surface area contributed by atoms with Crippen molar-refractivity contribution in [2.45, 2.75) is 52.0 Å². The van der Waals surface area contributed by atoms with Crippen LogP contribution in [0, 0.1) is 5.82 Å². The minimum Gasteiger partial charge on any atom is -0.448 e. The van der Waals surface area contributed by atoms with E-state index >= 15 is 0 Å². The molecule has 3 N–H and O–H groups in total. The maximum Gasteiger partial charge on any atom is 0.218 e. The molecule has 22 heavy (non-hydrogen) atoms. The number of aliphatic hydroxyl groups excluding tert-OH is 3. The third-order valence-corrected chi connectivity index (χ3v) is 2.73. The van der Waals surface area contributed by atoms with Crippen LogP contribution in [0.4, 0.5) is 4.39 Å². The van der Waals surface area contributed by atoms with Gasteiger partial charge in [0.05, 0.1) is 12.1 Å². The molecule has 0 aliphatic carbocycles. The van der Waals surface area contributed by atoms with Crippen LogP contribution in [0.5, 0.6) is 0 Å². The highest BCUT2D eigenvalue weighted by atomic mass is 19.1. The average Bonchev–Trinajstić information content (AvgIpc) is 2.51. The highest BCUT2D eigenvalue weighted by Crippen LogP contribution is 2.20. The van der Waals surface area contributed by atoms with E-state index in [1.54, 1.807) is 19.1 Å². The molecule has 1 aromatic rings. The van der Waals surface area contributed by atoms with Crippen molar-refractivity contribution in [3.05, 3.63) is 35.6 Å². The van der Waals surface area contributed by atoms with Crippen LogP contribution in [0.3, 0.4) is 0 Å². The highest BCUT2D eigenvalue weighted by molar-refractivity contribution is 5.94. The summed E-state index contributed by atoms with van der Waals surface area (Å²) in [5.74, 6) is -0.0457. The van der Waals surface area contributed by atoms with Crippen molar-refractivity contribution in [3.8, 4) is 0 Å². The van der Waals surface area contributed by atoms with Gasteiger partial charge in [-0.15, -0.1) is 0 Å². The van der Waals surface area contributed by atoms with Crippen molar-refractivity contribution in [1.82, 2.24) is 0 Å². The summed E-state index contributed by atoms with van der Waals surface area (Å²) < 4.78 is 18.0. The summed E-state index contributed by atoms with van der Waals surface area (Å²) in [7, 11) is 1.00. The van der Waals surface area contributed by atoms with Crippen LogP contribution in [0.15, 0.2) is 29.3 Å². The summed E-state index contributed by atoms with van der Waals surface area (Å²) in [5.41, 5.74) is 0.616. The maximum atomic E-state index is 12.8. The summed E-state index contributed by atoms with van der Waals surface area (Å²) >= 11 is 0. The summed E-state index contributed by atoms with van der Waals surface area (Å²) in [4.78, 5) is 4.32. The van der Waals surface area contributed by atoms with E-state index in [2.05, 4.69) is 4.99 Å². The Labute approximate surface area is 131 Å². The molecule has 0 amide bonds. The van der Waals surface area contributed by atoms with E-state index in [-0.39, 0.29) is 11.9 Å². The Kier molecular flexibility index (Phi) is 10.4. The van der Waals surface area contributed by atoms with Gasteiger partial charge in [0.25, 0.3) is 0 Å². The molecule has 5 nitrogen and oxygen atoms in total. The lowest BCUT2D eigenvalue weighted by Crippen LogP contribution is -2.31. The van der Waals surface area contributed by atoms with E-state index in [4.69, 9.17) is 9.84 Å². The molecule has 1 heterocycles. The van der Waals surface area contributed by atoms with Gasteiger partial charge < -0.3 is 20.1 Å². The monoisotopic (exact) mass is 315 g/mol. The predicted molar refractivity (Wildman–Crippen MR) is 84.2 cm³/mol. The normalized spacial score (nSPS) is 21.2. The van der Waals surface area contributed by atoms with Crippen molar-refractivity contribution in [3.63, 3.8) is 0 Å². The number of aliphatic hydroxyl groups is 3. The average molecular weight is 315 g/mol. The van der Waals surface area contributed by atoms with Gasteiger partial charge in [-0.2, -0.15) is 0 Å². The predicted octanol–water partition coefficient (Wildman–Crippen LogP) is 2.09. The Bertz CT molecular complexity index is 434. The third-order valence-electron chi connectivity index (χ3n) is 2.73. The van der Waals surface area contributed by atoms with Crippen LogP contribution in [0.1, 0.15) is 39.2 Å². The lowest BCUT2D eigenvalue weighted by atomic mass is 10.1. The highest BCUT2D eigenvalue weighted by Gasteiger charge is 2.25. The molecule has 0 saturated heterocycles. The second-order valence-corrected chi connectivity index (χ2v) is 4.49. The molecule has 0 fully saturated rings. The standard InChI is InChI=1S/C13H16FNO3.C2H6.CH4O/c1-8(16)6-11-7-12(17)18-13(15-11)9-2-4-10(14)5-3-9;2*1-2/h2-5,8,11-12,16-17H,6-7H2,1H3;1-2H3;2H,1H3. The number of nitrogens with zero attached hydrogens (tertiary/aromatic N) is 1. The molecular formula is C16H26FNO4. The molecule has 0 spiro atoms. The molecule has 1 aliphatic heterocycles. The van der Waals surface area contributed by atoms with Crippen LogP contribution in [-0.2, 0) is 4.74 Å². The number of benzene rings is 1. The fourth-order valence-electron chi connectivity index (χ4n) is 1.94. The first-order valence-corrected chi connectivity index (χ1v) is 7.36. The summed E-state index contributed by atoms with van der Waals surface area (Å²) in [6, 6.07) is 5.53. The van der Waals surface area contributed by atoms with Crippen LogP contribution < -0.4 is 0 Å². The number of aliphatic imine (C=N–C) groups is 1. The first-order chi connectivity index (χ1) is 10.5. The molecule has 1 aliphatic rings. The van der Waals surface area contributed by atoms with Gasteiger partial charge in [-0.05, 0) is 37.6 Å². The molecule has 0 bridgehead atoms. The smallest absolute Gasteiger partial charge is 0.218 e. The van der Waals surface area contributed by atoms with Crippen molar-refractivity contribution < 1.29 is 24.4 Å². The Morgan fingerprint density at radius 2 is 1.82 bits per heavy atom. The minimum atomic E-state index is -0.939. The molecule has 6 heteroatoms. The molecule has 0 radical (unpaired) electrons. The van der Waals surface area contributed by atoms with E-state index in [1.165, 1.54) is 12.1 Å². The van der Waals surface area contributed by atoms with Crippen molar-refractivity contribution in [1.29, 1.82) is 0 Å². The van der Waals surface area contributed by atoms with Gasteiger partial charge in [-0.1, -0.05) is 13.8 Å². The fourth-order valence-corrected chi connectivity index (χ4v) is 1.94. The minimum absolute atomic E-state index is 0.186. The largest absolute Gasteiger partial charge is 0.448 e. The van der Waals surface area contributed by atoms with Gasteiger partial charge >= 0.3 is 0 Å². The zero-order valence-corrected chi connectivity index (χ0v) is 13.5. The van der Waals surface area contributed by atoms with E-state index in [1.807, 2.05) is 13.8 Å². The summed E-state index contributed by atoms with van der Waals surface area (Å²) in [5, 5.41) is 26.0. The molecule has 0 aromatic heterocycles. The molecule has 3 unspecified atom stereocenters. The van der Waals surface area contributed by atoms with Gasteiger partial charge in [0.2, 0.25) is 12.2 Å². The van der Waals surface area contributed by atoms with Gasteiger partial charge in [0, 0.05) is 19.1 Å². The summed E-state index contributed by atoms with van der Waals surface area (Å²) in [6.45, 7) is 5.68. The molecule has 2 rings (SSSR count). The lowest BCUT2D eigenvalue weighted by Gasteiger charge is -2.26. The maximum absolute atomic E-state index is 12.8. The van der Waals surface area contributed by atoms with E-state index in [0.717, 1.165) is 7.11 Å². The van der Waals surface area contributed by atoms with E-state index < -0.39 is 12.4 Å². The van der Waals surface area contributed by atoms with Crippen molar-refractivity contribution >= 4 is 5.90 Å². The second-order valence-electron chi connectivity index (χ2n) is 4.49. The lowest BCUT2D eigenvalue weighted by molar-refractivity contribution is -0.0488. The van der Waals surface area contributed by atoms with Crippen LogP contribution in [0.25, 0.3) is 0 Å². The SMILES string of the molecule is CC.CC(O)CC1CC(O)OC(c2ccc(F)cc2)=N1.CO. The first kappa shape index (κ1) is 20.5. The Balaban J connectivity index is 0.00000102. The molecule has 1 aromatic carbocycles. The van der Waals surface area contributed by atoms with Crippen molar-refractivity contribution in [2.75, 3.05) is 7.11 Å². The Morgan fingerprint density at radius 3 is 2.32 bits per heavy atom. The van der Waals surface area contributed by atoms with E-state index in [9.17, 15) is 14.6 Å². The number of hydrogen-bond acceptors (Lipinski definition) is 5. The number of ether oxygens (including phenoxy) is 1. The van der Waals surface area contributed by atoms with Gasteiger partial charge in [-0.3, -0.25) is 0 Å². The zero-order valence-electron chi connectivity index (χ0n) is 13.5. The first-order valence-electron chi connectivity index (χ1n) is 7.36. The van der Waals surface area contributed by atoms with Gasteiger partial charge in [0.15, 0.2) is 0 Å². The van der Waals surface area contributed by atoms with E-state index in [0.29, 0.717) is 24.3 Å². The number of rotatable bonds is 3. The second kappa shape index (κ2) is 11.1. The van der Waals surface area contributed by atoms with Gasteiger partial charge in [0.1, 0.15) is 5.82 Å². The summed E-state index contributed by atoms with van der Waals surface area (Å²) in [6.07, 6.45) is -0.606.